The van der Waals surface area contributed by atoms with Gasteiger partial charge in [0.2, 0.25) is 0 Å². The molecule has 0 bridgehead atoms. The molecule has 1 rings (SSSR count). The van der Waals surface area contributed by atoms with Crippen LogP contribution in [0.3, 0.4) is 0 Å². The van der Waals surface area contributed by atoms with E-state index in [2.05, 4.69) is 6.92 Å². The summed E-state index contributed by atoms with van der Waals surface area (Å²) in [5.41, 5.74) is 13.9. The predicted octanol–water partition coefficient (Wildman–Crippen LogP) is 5.59. The number of hydrogen-bond acceptors (Lipinski definition) is 0. The van der Waals surface area contributed by atoms with E-state index in [-0.39, 0.29) is 6.04 Å². The standard InChI is InChI=1S/C6H12N.C4H10N.2ClH.Pt/c7-6-4-2-1-3-5-6;1-2-3-4-5;;;/h6-7H,1-5H2;5H,2-4H2,1H3;2*1H;/q2*-1;;;+4/p-2. The zero-order valence-electron chi connectivity index (χ0n) is 9.31. The van der Waals surface area contributed by atoms with Gasteiger partial charge in [-0.3, -0.25) is 0 Å². The first-order valence-electron chi connectivity index (χ1n) is 5.40. The van der Waals surface area contributed by atoms with Gasteiger partial charge in [0.15, 0.2) is 0 Å². The molecule has 0 aliphatic heterocycles. The van der Waals surface area contributed by atoms with Crippen molar-refractivity contribution < 1.29 is 16.5 Å². The Hall–Kier alpha value is 1.19. The Bertz CT molecular complexity index is 99.4. The molecule has 96 valence electrons. The Labute approximate surface area is 111 Å². The van der Waals surface area contributed by atoms with Crippen molar-refractivity contribution in [3.63, 3.8) is 0 Å². The fourth-order valence-electron chi connectivity index (χ4n) is 1.28. The molecule has 0 radical (unpaired) electrons. The van der Waals surface area contributed by atoms with Crippen LogP contribution in [-0.2, 0) is 16.5 Å². The first-order valence-corrected chi connectivity index (χ1v) is 11.0. The fourth-order valence-corrected chi connectivity index (χ4v) is 1.28. The molecule has 0 amide bonds. The second-order valence-corrected chi connectivity index (χ2v) is 6.77. The third-order valence-electron chi connectivity index (χ3n) is 2.14. The van der Waals surface area contributed by atoms with Crippen LogP contribution in [-0.4, -0.2) is 12.6 Å². The van der Waals surface area contributed by atoms with E-state index in [4.69, 9.17) is 30.3 Å². The first-order chi connectivity index (χ1) is 7.22. The minimum Gasteiger partial charge on any atom is -0.675 e. The molecule has 1 aliphatic carbocycles. The van der Waals surface area contributed by atoms with Crippen LogP contribution in [0.2, 0.25) is 0 Å². The van der Waals surface area contributed by atoms with E-state index in [9.17, 15) is 0 Å². The van der Waals surface area contributed by atoms with Crippen molar-refractivity contribution in [2.24, 2.45) is 0 Å². The molecular formula is C10H22Cl2N2Pt. The SMILES string of the molecule is CCCC[NH-].[Cl][Pt+2][Cl].[NH-]C1CCCCC1. The first kappa shape index (κ1) is 18.6. The topological polar surface area (TPSA) is 47.6 Å². The van der Waals surface area contributed by atoms with Crippen molar-refractivity contribution in [2.45, 2.75) is 57.9 Å². The molecule has 1 saturated carbocycles. The van der Waals surface area contributed by atoms with Gasteiger partial charge in [-0.05, 0) is 0 Å². The molecule has 1 fully saturated rings. The maximum Gasteiger partial charge on any atom is -0.0534 e. The number of nitrogens with one attached hydrogen (secondary N) is 2. The van der Waals surface area contributed by atoms with E-state index in [0.29, 0.717) is 6.54 Å². The predicted molar refractivity (Wildman–Crippen MR) is 67.0 cm³/mol. The van der Waals surface area contributed by atoms with Crippen molar-refractivity contribution in [1.29, 1.82) is 0 Å². The maximum absolute atomic E-state index is 7.27. The van der Waals surface area contributed by atoms with E-state index in [0.717, 1.165) is 25.7 Å². The molecule has 0 unspecified atom stereocenters. The molecule has 0 aromatic heterocycles. The molecule has 0 aromatic rings. The van der Waals surface area contributed by atoms with Crippen LogP contribution >= 0.6 is 18.8 Å². The van der Waals surface area contributed by atoms with Gasteiger partial charge in [-0.2, -0.15) is 6.54 Å². The van der Waals surface area contributed by atoms with E-state index in [1.54, 1.807) is 0 Å². The number of hydrogen-bond donors (Lipinski definition) is 0. The Morgan fingerprint density at radius 3 is 1.80 bits per heavy atom. The molecule has 2 nitrogen and oxygen atoms in total. The molecule has 0 heterocycles. The van der Waals surface area contributed by atoms with Crippen LogP contribution in [0.1, 0.15) is 51.9 Å². The average molecular weight is 436 g/mol. The normalized spacial score (nSPS) is 16.1. The van der Waals surface area contributed by atoms with Crippen LogP contribution < -0.4 is 0 Å². The summed E-state index contributed by atoms with van der Waals surface area (Å²) in [6, 6.07) is 0.286. The smallest absolute Gasteiger partial charge is 0.0534 e. The van der Waals surface area contributed by atoms with Gasteiger partial charge in [0.25, 0.3) is 0 Å². The number of rotatable bonds is 2. The third-order valence-corrected chi connectivity index (χ3v) is 2.14. The van der Waals surface area contributed by atoms with Gasteiger partial charge in [-0.1, -0.05) is 51.9 Å². The Kier molecular flexibility index (Phi) is 21.7. The number of halogens is 2. The maximum atomic E-state index is 7.27. The molecular weight excluding hydrogens is 414 g/mol. The Morgan fingerprint density at radius 2 is 1.67 bits per heavy atom. The third kappa shape index (κ3) is 21.1. The fraction of sp³-hybridized carbons (Fsp3) is 1.00. The van der Waals surface area contributed by atoms with E-state index in [1.165, 1.54) is 19.3 Å². The summed E-state index contributed by atoms with van der Waals surface area (Å²) in [6.07, 6.45) is 8.49. The second-order valence-electron chi connectivity index (χ2n) is 3.48. The van der Waals surface area contributed by atoms with Crippen LogP contribution in [0.4, 0.5) is 0 Å². The van der Waals surface area contributed by atoms with E-state index < -0.39 is 16.5 Å². The summed E-state index contributed by atoms with van der Waals surface area (Å²) in [7, 11) is 9.75. The van der Waals surface area contributed by atoms with Gasteiger partial charge >= 0.3 is 35.3 Å². The Morgan fingerprint density at radius 1 is 1.20 bits per heavy atom. The van der Waals surface area contributed by atoms with E-state index in [1.807, 2.05) is 0 Å². The van der Waals surface area contributed by atoms with Crippen molar-refractivity contribution in [2.75, 3.05) is 6.54 Å². The summed E-state index contributed by atoms with van der Waals surface area (Å²) in [6.45, 7) is 2.69. The summed E-state index contributed by atoms with van der Waals surface area (Å²) < 4.78 is 0. The van der Waals surface area contributed by atoms with Crippen LogP contribution in [0.15, 0.2) is 0 Å². The molecule has 0 aromatic carbocycles. The molecule has 15 heavy (non-hydrogen) atoms. The summed E-state index contributed by atoms with van der Waals surface area (Å²) in [4.78, 5) is 0. The zero-order valence-corrected chi connectivity index (χ0v) is 13.1. The van der Waals surface area contributed by atoms with Crippen molar-refractivity contribution in [1.82, 2.24) is 0 Å². The van der Waals surface area contributed by atoms with Gasteiger partial charge in [0.05, 0.1) is 0 Å². The van der Waals surface area contributed by atoms with Gasteiger partial charge in [0, 0.05) is 0 Å². The van der Waals surface area contributed by atoms with Gasteiger partial charge in [-0.15, -0.1) is 6.04 Å². The zero-order chi connectivity index (χ0) is 11.9. The molecule has 5 heteroatoms. The minimum absolute atomic E-state index is 0.286. The average Bonchev–Trinajstić information content (AvgIpc) is 2.22. The molecule has 0 spiro atoms. The second kappa shape index (κ2) is 17.6. The molecule has 0 atom stereocenters. The number of unbranched alkanes of at least 4 members (excludes halogenated alkanes) is 1. The summed E-state index contributed by atoms with van der Waals surface area (Å²) >= 11 is -0.472. The van der Waals surface area contributed by atoms with Gasteiger partial charge in [-0.25, -0.2) is 0 Å². The quantitative estimate of drug-likeness (QED) is 0.542. The minimum atomic E-state index is -0.472. The Balaban J connectivity index is 0. The summed E-state index contributed by atoms with van der Waals surface area (Å²) in [5.74, 6) is 0. The molecule has 2 N–H and O–H groups in total. The van der Waals surface area contributed by atoms with Crippen LogP contribution in [0.25, 0.3) is 11.5 Å². The monoisotopic (exact) mass is 435 g/mol. The van der Waals surface area contributed by atoms with E-state index >= 15 is 0 Å². The van der Waals surface area contributed by atoms with Gasteiger partial charge < -0.3 is 11.5 Å². The van der Waals surface area contributed by atoms with Crippen LogP contribution in [0.5, 0.6) is 0 Å². The van der Waals surface area contributed by atoms with Crippen molar-refractivity contribution in [3.8, 4) is 0 Å². The van der Waals surface area contributed by atoms with Crippen molar-refractivity contribution in [3.05, 3.63) is 11.5 Å². The summed E-state index contributed by atoms with van der Waals surface area (Å²) in [5, 5.41) is 0. The van der Waals surface area contributed by atoms with Crippen molar-refractivity contribution >= 4 is 18.8 Å². The largest absolute Gasteiger partial charge is 0.675 e. The molecule has 1 aliphatic rings. The van der Waals surface area contributed by atoms with Crippen LogP contribution in [0, 0.1) is 0 Å². The van der Waals surface area contributed by atoms with Gasteiger partial charge in [0.1, 0.15) is 0 Å². The molecule has 0 saturated heterocycles.